The van der Waals surface area contributed by atoms with Gasteiger partial charge in [0.1, 0.15) is 4.90 Å². The van der Waals surface area contributed by atoms with E-state index in [4.69, 9.17) is 10.5 Å². The third kappa shape index (κ3) is 4.82. The minimum atomic E-state index is -3.59. The van der Waals surface area contributed by atoms with E-state index in [1.54, 1.807) is 13.2 Å². The fourth-order valence-electron chi connectivity index (χ4n) is 1.66. The molecule has 0 atom stereocenters. The lowest BCUT2D eigenvalue weighted by atomic mass is 9.90. The minimum absolute atomic E-state index is 0.0875. The van der Waals surface area contributed by atoms with Crippen LogP contribution >= 0.6 is 0 Å². The fourth-order valence-corrected chi connectivity index (χ4v) is 3.10. The molecule has 0 aliphatic carbocycles. The van der Waals surface area contributed by atoms with Crippen LogP contribution in [0.5, 0.6) is 0 Å². The van der Waals surface area contributed by atoms with Crippen LogP contribution in [-0.4, -0.2) is 33.7 Å². The van der Waals surface area contributed by atoms with Gasteiger partial charge in [-0.25, -0.2) is 13.1 Å². The van der Waals surface area contributed by atoms with Crippen LogP contribution in [0.4, 0.5) is 0 Å². The van der Waals surface area contributed by atoms with Gasteiger partial charge in [-0.1, -0.05) is 13.8 Å². The Hall–Kier alpha value is -1.02. The number of aromatic nitrogens is 1. The van der Waals surface area contributed by atoms with E-state index in [-0.39, 0.29) is 16.9 Å². The Morgan fingerprint density at radius 3 is 2.75 bits per heavy atom. The molecule has 0 aliphatic heterocycles. The summed E-state index contributed by atoms with van der Waals surface area (Å²) in [6, 6.07) is 3.10. The van der Waals surface area contributed by atoms with Crippen LogP contribution < -0.4 is 10.5 Å². The van der Waals surface area contributed by atoms with Crippen LogP contribution in [0.3, 0.4) is 0 Å². The van der Waals surface area contributed by atoms with Crippen LogP contribution in [-0.2, 0) is 21.3 Å². The lowest BCUT2D eigenvalue weighted by molar-refractivity contribution is 0.153. The number of methoxy groups -OCH3 is 1. The molecule has 0 bridgehead atoms. The molecule has 0 unspecified atom stereocenters. The highest BCUT2D eigenvalue weighted by Crippen LogP contribution is 2.20. The third-order valence-electron chi connectivity index (χ3n) is 3.06. The van der Waals surface area contributed by atoms with Gasteiger partial charge in [0.2, 0.25) is 10.0 Å². The molecule has 0 fully saturated rings. The summed E-state index contributed by atoms with van der Waals surface area (Å²) in [4.78, 5) is 4.14. The molecule has 0 saturated carbocycles. The van der Waals surface area contributed by atoms with Crippen molar-refractivity contribution in [3.63, 3.8) is 0 Å². The van der Waals surface area contributed by atoms with Crippen molar-refractivity contribution < 1.29 is 13.2 Å². The van der Waals surface area contributed by atoms with Gasteiger partial charge < -0.3 is 10.5 Å². The van der Waals surface area contributed by atoms with Crippen LogP contribution in [0.2, 0.25) is 0 Å². The average molecular weight is 301 g/mol. The van der Waals surface area contributed by atoms with E-state index in [1.165, 1.54) is 12.3 Å². The van der Waals surface area contributed by atoms with Crippen molar-refractivity contribution in [3.05, 3.63) is 24.0 Å². The van der Waals surface area contributed by atoms with Gasteiger partial charge in [-0.05, 0) is 24.0 Å². The maximum atomic E-state index is 12.3. The fraction of sp³-hybridized carbons (Fsp3) is 0.615. The predicted molar refractivity (Wildman–Crippen MR) is 77.6 cm³/mol. The molecule has 3 N–H and O–H groups in total. The Balaban J connectivity index is 2.80. The minimum Gasteiger partial charge on any atom is -0.385 e. The van der Waals surface area contributed by atoms with Crippen molar-refractivity contribution in [3.8, 4) is 0 Å². The third-order valence-corrected chi connectivity index (χ3v) is 4.53. The number of nitrogens with zero attached hydrogens (tertiary/aromatic N) is 1. The molecule has 114 valence electrons. The molecule has 1 aromatic rings. The maximum absolute atomic E-state index is 12.3. The Morgan fingerprint density at radius 2 is 2.15 bits per heavy atom. The molecule has 1 heterocycles. The number of pyridine rings is 1. The smallest absolute Gasteiger partial charge is 0.242 e. The van der Waals surface area contributed by atoms with Crippen molar-refractivity contribution in [2.24, 2.45) is 11.1 Å². The zero-order valence-corrected chi connectivity index (χ0v) is 13.0. The van der Waals surface area contributed by atoms with Gasteiger partial charge in [0, 0.05) is 33.0 Å². The summed E-state index contributed by atoms with van der Waals surface area (Å²) in [5, 5.41) is 0. The van der Waals surface area contributed by atoms with Gasteiger partial charge in [-0.2, -0.15) is 0 Å². The van der Waals surface area contributed by atoms with E-state index >= 15 is 0 Å². The average Bonchev–Trinajstić information content (AvgIpc) is 2.43. The zero-order chi connectivity index (χ0) is 15.2. The molecule has 6 nitrogen and oxygen atoms in total. The summed E-state index contributed by atoms with van der Waals surface area (Å²) < 4.78 is 32.2. The highest BCUT2D eigenvalue weighted by Gasteiger charge is 2.23. The van der Waals surface area contributed by atoms with Gasteiger partial charge in [0.15, 0.2) is 0 Å². The first-order valence-corrected chi connectivity index (χ1v) is 7.93. The maximum Gasteiger partial charge on any atom is 0.242 e. The lowest BCUT2D eigenvalue weighted by Crippen LogP contribution is -2.35. The summed E-state index contributed by atoms with van der Waals surface area (Å²) in [6.45, 7) is 4.99. The SMILES string of the molecule is COCCC(C)(C)CNS(=O)(=O)c1cccnc1CN. The first-order valence-electron chi connectivity index (χ1n) is 6.45. The Labute approximate surface area is 120 Å². The number of nitrogens with one attached hydrogen (secondary N) is 1. The van der Waals surface area contributed by atoms with Gasteiger partial charge in [0.05, 0.1) is 5.69 Å². The van der Waals surface area contributed by atoms with Crippen LogP contribution in [0, 0.1) is 5.41 Å². The monoisotopic (exact) mass is 301 g/mol. The number of sulfonamides is 1. The highest BCUT2D eigenvalue weighted by atomic mass is 32.2. The summed E-state index contributed by atoms with van der Waals surface area (Å²) in [5.41, 5.74) is 5.71. The molecule has 0 aromatic carbocycles. The first kappa shape index (κ1) is 17.0. The summed E-state index contributed by atoms with van der Waals surface area (Å²) >= 11 is 0. The molecule has 1 aromatic heterocycles. The summed E-state index contributed by atoms with van der Waals surface area (Å²) in [5.74, 6) is 0. The van der Waals surface area contributed by atoms with Gasteiger partial charge >= 0.3 is 0 Å². The van der Waals surface area contributed by atoms with Crippen molar-refractivity contribution in [2.45, 2.75) is 31.7 Å². The van der Waals surface area contributed by atoms with Gasteiger partial charge in [-0.3, -0.25) is 4.98 Å². The van der Waals surface area contributed by atoms with Crippen LogP contribution in [0.15, 0.2) is 23.2 Å². The summed E-state index contributed by atoms with van der Waals surface area (Å²) in [7, 11) is -1.97. The summed E-state index contributed by atoms with van der Waals surface area (Å²) in [6.07, 6.45) is 2.30. The second-order valence-corrected chi connectivity index (χ2v) is 7.12. The van der Waals surface area contributed by atoms with E-state index in [2.05, 4.69) is 9.71 Å². The zero-order valence-electron chi connectivity index (χ0n) is 12.2. The topological polar surface area (TPSA) is 94.3 Å². The normalized spacial score (nSPS) is 12.6. The quantitative estimate of drug-likeness (QED) is 0.743. The van der Waals surface area contributed by atoms with E-state index in [9.17, 15) is 8.42 Å². The molecule has 0 aliphatic rings. The van der Waals surface area contributed by atoms with Crippen molar-refractivity contribution in [2.75, 3.05) is 20.3 Å². The molecule has 0 spiro atoms. The molecular weight excluding hydrogens is 278 g/mol. The van der Waals surface area contributed by atoms with E-state index < -0.39 is 10.0 Å². The van der Waals surface area contributed by atoms with E-state index in [1.807, 2.05) is 13.8 Å². The highest BCUT2D eigenvalue weighted by molar-refractivity contribution is 7.89. The van der Waals surface area contributed by atoms with Crippen molar-refractivity contribution in [1.29, 1.82) is 0 Å². The number of nitrogens with two attached hydrogens (primary N) is 1. The Morgan fingerprint density at radius 1 is 1.45 bits per heavy atom. The number of hydrogen-bond acceptors (Lipinski definition) is 5. The molecule has 7 heteroatoms. The number of ether oxygens (including phenoxy) is 1. The van der Waals surface area contributed by atoms with E-state index in [0.717, 1.165) is 6.42 Å². The first-order chi connectivity index (χ1) is 9.32. The van der Waals surface area contributed by atoms with Crippen LogP contribution in [0.25, 0.3) is 0 Å². The van der Waals surface area contributed by atoms with E-state index in [0.29, 0.717) is 18.8 Å². The second-order valence-electron chi connectivity index (χ2n) is 5.38. The van der Waals surface area contributed by atoms with Gasteiger partial charge in [0.25, 0.3) is 0 Å². The Kier molecular flexibility index (Phi) is 6.07. The molecular formula is C13H23N3O3S. The van der Waals surface area contributed by atoms with Crippen molar-refractivity contribution in [1.82, 2.24) is 9.71 Å². The lowest BCUT2D eigenvalue weighted by Gasteiger charge is -2.24. The molecule has 0 saturated heterocycles. The molecule has 0 radical (unpaired) electrons. The largest absolute Gasteiger partial charge is 0.385 e. The van der Waals surface area contributed by atoms with Crippen molar-refractivity contribution >= 4 is 10.0 Å². The Bertz CT molecular complexity index is 529. The molecule has 20 heavy (non-hydrogen) atoms. The predicted octanol–water partition coefficient (Wildman–Crippen LogP) is 0.881. The standard InChI is InChI=1S/C13H23N3O3S/c1-13(2,6-8-19-3)10-16-20(17,18)12-5-4-7-15-11(12)9-14/h4-5,7,16H,6,8-10,14H2,1-3H3. The number of rotatable bonds is 8. The van der Waals surface area contributed by atoms with Gasteiger partial charge in [-0.15, -0.1) is 0 Å². The second kappa shape index (κ2) is 7.12. The molecule has 1 rings (SSSR count). The molecule has 0 amide bonds. The van der Waals surface area contributed by atoms with Crippen LogP contribution in [0.1, 0.15) is 26.0 Å². The number of hydrogen-bond donors (Lipinski definition) is 2.